The van der Waals surface area contributed by atoms with Crippen molar-refractivity contribution in [3.63, 3.8) is 0 Å². The van der Waals surface area contributed by atoms with Crippen LogP contribution in [0.25, 0.3) is 16.3 Å². The normalized spacial score (nSPS) is 25.9. The van der Waals surface area contributed by atoms with E-state index in [9.17, 15) is 24.1 Å². The van der Waals surface area contributed by atoms with Crippen LogP contribution >= 0.6 is 11.6 Å². The topological polar surface area (TPSA) is 96.0 Å². The van der Waals surface area contributed by atoms with Crippen molar-refractivity contribution in [1.29, 1.82) is 10.5 Å². The number of benzene rings is 2. The van der Waals surface area contributed by atoms with Crippen LogP contribution in [0.4, 0.5) is 13.2 Å². The standard InChI is InChI=1S/C36H34ClF3N6O2/c1-21(38)36(47)46-16-15-45(19-24(46)11-13-41)34-28-10-9-27(26-7-3-5-22-6-4-8-30(37)31(22)26)32(40)33(28)43-35(29(34)12-14-42)48-20-25-17-23(39)18-44(25)2/h3-10,23-25,28,33H,1,11-12,15-20H2,2H3/t23-,24+,25?,28?,33?/m1/s1. The van der Waals surface area contributed by atoms with Gasteiger partial charge in [0, 0.05) is 65.4 Å². The number of allylic oxidation sites excluding steroid dienone is 2. The van der Waals surface area contributed by atoms with E-state index < -0.39 is 41.7 Å². The molecule has 1 amide bonds. The fourth-order valence-electron chi connectivity index (χ4n) is 7.26. The van der Waals surface area contributed by atoms with Gasteiger partial charge in [-0.3, -0.25) is 9.69 Å². The minimum Gasteiger partial charge on any atom is -0.476 e. The van der Waals surface area contributed by atoms with Crippen molar-refractivity contribution < 1.29 is 22.7 Å². The highest BCUT2D eigenvalue weighted by molar-refractivity contribution is 6.36. The largest absolute Gasteiger partial charge is 0.476 e. The Bertz CT molecular complexity index is 1850. The molecule has 6 rings (SSSR count). The number of likely N-dealkylation sites (N-methyl/N-ethyl adjacent to an activating group) is 1. The third-order valence-corrected chi connectivity index (χ3v) is 9.87. The second kappa shape index (κ2) is 13.9. The van der Waals surface area contributed by atoms with E-state index in [0.717, 1.165) is 5.39 Å². The summed E-state index contributed by atoms with van der Waals surface area (Å²) in [5, 5.41) is 21.6. The van der Waals surface area contributed by atoms with Gasteiger partial charge in [0.05, 0.1) is 31.0 Å². The number of nitrogens with zero attached hydrogens (tertiary/aromatic N) is 6. The zero-order valence-electron chi connectivity index (χ0n) is 26.4. The summed E-state index contributed by atoms with van der Waals surface area (Å²) < 4.78 is 51.4. The number of carbonyl (C=O) groups excluding carboxylic acids is 1. The van der Waals surface area contributed by atoms with E-state index in [1.54, 1.807) is 18.2 Å². The second-order valence-electron chi connectivity index (χ2n) is 12.5. The molecule has 48 heavy (non-hydrogen) atoms. The van der Waals surface area contributed by atoms with E-state index in [1.165, 1.54) is 4.90 Å². The zero-order chi connectivity index (χ0) is 34.1. The van der Waals surface area contributed by atoms with Gasteiger partial charge >= 0.3 is 0 Å². The van der Waals surface area contributed by atoms with Crippen LogP contribution in [0.1, 0.15) is 24.8 Å². The average Bonchev–Trinajstić information content (AvgIpc) is 3.40. The average molecular weight is 675 g/mol. The van der Waals surface area contributed by atoms with Crippen molar-refractivity contribution in [1.82, 2.24) is 14.7 Å². The van der Waals surface area contributed by atoms with Crippen molar-refractivity contribution in [2.45, 2.75) is 43.6 Å². The van der Waals surface area contributed by atoms with E-state index in [4.69, 9.17) is 21.3 Å². The Labute approximate surface area is 282 Å². The Morgan fingerprint density at radius 2 is 1.92 bits per heavy atom. The van der Waals surface area contributed by atoms with Gasteiger partial charge in [-0.2, -0.15) is 10.5 Å². The number of hydrogen-bond acceptors (Lipinski definition) is 7. The van der Waals surface area contributed by atoms with Crippen LogP contribution in [0.3, 0.4) is 0 Å². The lowest BCUT2D eigenvalue weighted by Crippen LogP contribution is -2.56. The number of alkyl halides is 1. The van der Waals surface area contributed by atoms with E-state index >= 15 is 4.39 Å². The lowest BCUT2D eigenvalue weighted by Gasteiger charge is -2.46. The minimum absolute atomic E-state index is 0.0730. The first-order chi connectivity index (χ1) is 23.1. The number of fused-ring (bicyclic) bond motifs is 2. The number of halogens is 4. The van der Waals surface area contributed by atoms with Crippen LogP contribution in [0, 0.1) is 28.6 Å². The van der Waals surface area contributed by atoms with Crippen molar-refractivity contribution in [3.8, 4) is 12.1 Å². The number of aliphatic imine (C=N–C) groups is 1. The zero-order valence-corrected chi connectivity index (χ0v) is 27.1. The molecule has 3 unspecified atom stereocenters. The highest BCUT2D eigenvalue weighted by atomic mass is 35.5. The minimum atomic E-state index is -1.12. The molecule has 2 aromatic rings. The van der Waals surface area contributed by atoms with Crippen LogP contribution < -0.4 is 0 Å². The third-order valence-electron chi connectivity index (χ3n) is 9.56. The molecule has 8 nitrogen and oxygen atoms in total. The Morgan fingerprint density at radius 3 is 2.60 bits per heavy atom. The van der Waals surface area contributed by atoms with Crippen molar-refractivity contribution in [2.75, 3.05) is 39.8 Å². The summed E-state index contributed by atoms with van der Waals surface area (Å²) in [7, 11) is 1.81. The van der Waals surface area contributed by atoms with Gasteiger partial charge in [0.25, 0.3) is 5.91 Å². The quantitative estimate of drug-likeness (QED) is 0.321. The van der Waals surface area contributed by atoms with Gasteiger partial charge in [-0.1, -0.05) is 60.7 Å². The molecule has 0 saturated carbocycles. The predicted molar refractivity (Wildman–Crippen MR) is 178 cm³/mol. The van der Waals surface area contributed by atoms with Crippen molar-refractivity contribution in [3.05, 3.63) is 88.6 Å². The number of hydrogen-bond donors (Lipinski definition) is 0. The molecular formula is C36H34ClF3N6O2. The molecular weight excluding hydrogens is 641 g/mol. The molecule has 3 aliphatic heterocycles. The lowest BCUT2D eigenvalue weighted by molar-refractivity contribution is -0.133. The maximum absolute atomic E-state index is 17.0. The molecule has 4 aliphatic rings. The maximum Gasteiger partial charge on any atom is 0.282 e. The van der Waals surface area contributed by atoms with Crippen molar-refractivity contribution in [2.24, 2.45) is 10.9 Å². The number of piperazine rings is 1. The molecule has 12 heteroatoms. The van der Waals surface area contributed by atoms with Gasteiger partial charge in [-0.05, 0) is 30.5 Å². The summed E-state index contributed by atoms with van der Waals surface area (Å²) in [5.74, 6) is -3.07. The number of nitriles is 2. The van der Waals surface area contributed by atoms with Gasteiger partial charge in [-0.25, -0.2) is 18.2 Å². The van der Waals surface area contributed by atoms with Gasteiger partial charge in [0.15, 0.2) is 5.83 Å². The molecule has 0 N–H and O–H groups in total. The predicted octanol–water partition coefficient (Wildman–Crippen LogP) is 6.28. The molecule has 0 bridgehead atoms. The first kappa shape index (κ1) is 33.3. The smallest absolute Gasteiger partial charge is 0.282 e. The van der Waals surface area contributed by atoms with Crippen molar-refractivity contribution >= 4 is 39.8 Å². The number of rotatable bonds is 7. The van der Waals surface area contributed by atoms with Crippen LogP contribution in [0.5, 0.6) is 0 Å². The van der Waals surface area contributed by atoms with Gasteiger partial charge in [0.1, 0.15) is 24.6 Å². The second-order valence-corrected chi connectivity index (χ2v) is 12.9. The number of ether oxygens (including phenoxy) is 1. The fraction of sp³-hybridized carbons (Fsp3) is 0.389. The Morgan fingerprint density at radius 1 is 1.15 bits per heavy atom. The number of dihydropyridines is 1. The first-order valence-electron chi connectivity index (χ1n) is 15.8. The summed E-state index contributed by atoms with van der Waals surface area (Å²) in [6, 6.07) is 13.3. The summed E-state index contributed by atoms with van der Waals surface area (Å²) in [4.78, 5) is 22.5. The molecule has 2 saturated heterocycles. The van der Waals surface area contributed by atoms with Gasteiger partial charge < -0.3 is 14.5 Å². The molecule has 0 spiro atoms. The number of likely N-dealkylation sites (tertiary alicyclic amines) is 1. The maximum atomic E-state index is 17.0. The number of carbonyl (C=O) groups is 1. The summed E-state index contributed by atoms with van der Waals surface area (Å²) in [6.45, 7) is 3.93. The Kier molecular flexibility index (Phi) is 9.63. The lowest BCUT2D eigenvalue weighted by atomic mass is 9.80. The van der Waals surface area contributed by atoms with Gasteiger partial charge in [0.2, 0.25) is 5.90 Å². The molecule has 5 atom stereocenters. The molecule has 0 aromatic heterocycles. The van der Waals surface area contributed by atoms with E-state index in [-0.39, 0.29) is 64.0 Å². The molecule has 2 fully saturated rings. The summed E-state index contributed by atoms with van der Waals surface area (Å²) in [6.07, 6.45) is 2.64. The summed E-state index contributed by atoms with van der Waals surface area (Å²) in [5.41, 5.74) is 1.96. The Hall–Kier alpha value is -4.58. The molecule has 3 heterocycles. The highest BCUT2D eigenvalue weighted by Crippen LogP contribution is 2.44. The Balaban J connectivity index is 1.44. The molecule has 2 aromatic carbocycles. The van der Waals surface area contributed by atoms with Crippen LogP contribution in [0.2, 0.25) is 5.02 Å². The molecule has 248 valence electrons. The van der Waals surface area contributed by atoms with E-state index in [2.05, 4.69) is 18.7 Å². The molecule has 1 aliphatic carbocycles. The molecule has 0 radical (unpaired) electrons. The number of amides is 1. The summed E-state index contributed by atoms with van der Waals surface area (Å²) >= 11 is 6.61. The first-order valence-corrected chi connectivity index (χ1v) is 16.2. The SMILES string of the molecule is C=C(F)C(=O)N1CCN(C2=C(CC#N)C(OCC3C[C@@H](F)CN3C)=NC3C(F)=C(c4cccc5cccc(Cl)c45)C=CC23)C[C@@H]1CC#N. The van der Waals surface area contributed by atoms with Gasteiger partial charge in [-0.15, -0.1) is 0 Å². The monoisotopic (exact) mass is 674 g/mol. The van der Waals surface area contributed by atoms with Crippen LogP contribution in [0.15, 0.2) is 83.0 Å². The van der Waals surface area contributed by atoms with E-state index in [1.807, 2.05) is 47.2 Å². The van der Waals surface area contributed by atoms with Crippen LogP contribution in [-0.4, -0.2) is 90.6 Å². The third kappa shape index (κ3) is 6.21. The highest BCUT2D eigenvalue weighted by Gasteiger charge is 2.43. The fourth-order valence-corrected chi connectivity index (χ4v) is 7.55. The van der Waals surface area contributed by atoms with Crippen LogP contribution in [-0.2, 0) is 9.53 Å². The van der Waals surface area contributed by atoms with E-state index in [0.29, 0.717) is 32.8 Å².